The molecule has 3 aromatic rings. The van der Waals surface area contributed by atoms with Crippen molar-refractivity contribution < 1.29 is 22.6 Å². The van der Waals surface area contributed by atoms with E-state index < -0.39 is 23.4 Å². The summed E-state index contributed by atoms with van der Waals surface area (Å²) in [5, 5.41) is 0. The normalized spacial score (nSPS) is 15.7. The van der Waals surface area contributed by atoms with Crippen LogP contribution in [0.2, 0.25) is 0 Å². The van der Waals surface area contributed by atoms with Crippen LogP contribution in [0.5, 0.6) is 11.5 Å². The van der Waals surface area contributed by atoms with Crippen molar-refractivity contribution >= 4 is 11.7 Å². The van der Waals surface area contributed by atoms with E-state index in [1.807, 2.05) is 13.0 Å². The number of benzene rings is 1. The Morgan fingerprint density at radius 3 is 2.54 bits per heavy atom. The van der Waals surface area contributed by atoms with Crippen molar-refractivity contribution in [2.75, 3.05) is 0 Å². The number of nitrogens with zero attached hydrogens (tertiary/aromatic N) is 4. The maximum atomic E-state index is 12.8. The second-order valence-electron chi connectivity index (χ2n) is 8.39. The molecule has 1 atom stereocenters. The molecule has 1 aliphatic rings. The fourth-order valence-electron chi connectivity index (χ4n) is 4.07. The third-order valence-electron chi connectivity index (χ3n) is 5.71. The number of fused-ring (bicyclic) bond motifs is 1. The number of hydrogen-bond acceptors (Lipinski definition) is 6. The van der Waals surface area contributed by atoms with Crippen molar-refractivity contribution in [3.63, 3.8) is 0 Å². The lowest BCUT2D eigenvalue weighted by Crippen LogP contribution is -2.38. The highest BCUT2D eigenvalue weighted by atomic mass is 19.4. The summed E-state index contributed by atoms with van der Waals surface area (Å²) in [6.07, 6.45) is -0.136. The van der Waals surface area contributed by atoms with Gasteiger partial charge in [-0.25, -0.2) is 4.79 Å². The summed E-state index contributed by atoms with van der Waals surface area (Å²) in [5.41, 5.74) is 1.26. The van der Waals surface area contributed by atoms with E-state index in [0.29, 0.717) is 24.8 Å². The molecule has 0 fully saturated rings. The zero-order valence-electron chi connectivity index (χ0n) is 19.3. The molecule has 0 aliphatic carbocycles. The zero-order chi connectivity index (χ0) is 25.3. The molecule has 8 nitrogen and oxygen atoms in total. The number of rotatable bonds is 4. The first-order chi connectivity index (χ1) is 16.5. The van der Waals surface area contributed by atoms with E-state index >= 15 is 0 Å². The van der Waals surface area contributed by atoms with Crippen LogP contribution in [-0.4, -0.2) is 26.4 Å². The highest BCUT2D eigenvalue weighted by Gasteiger charge is 2.32. The molecule has 0 bridgehead atoms. The van der Waals surface area contributed by atoms with E-state index in [-0.39, 0.29) is 23.4 Å². The van der Waals surface area contributed by atoms with Crippen LogP contribution in [0.3, 0.4) is 0 Å². The number of aromatic nitrogens is 3. The molecule has 1 aliphatic heterocycles. The second-order valence-corrected chi connectivity index (χ2v) is 8.39. The van der Waals surface area contributed by atoms with Crippen molar-refractivity contribution in [2.24, 2.45) is 25.0 Å². The third-order valence-corrected chi connectivity index (χ3v) is 5.71. The van der Waals surface area contributed by atoms with Crippen molar-refractivity contribution in [2.45, 2.75) is 32.5 Å². The van der Waals surface area contributed by atoms with Crippen LogP contribution in [0, 0.1) is 12.8 Å². The first kappa shape index (κ1) is 24.2. The molecule has 0 radical (unpaired) electrons. The Hall–Kier alpha value is -3.89. The molecule has 35 heavy (non-hydrogen) atoms. The van der Waals surface area contributed by atoms with Gasteiger partial charge in [-0.05, 0) is 49.4 Å². The average Bonchev–Trinajstić information content (AvgIpc) is 2.95. The largest absolute Gasteiger partial charge is 0.573 e. The number of alkyl halides is 3. The summed E-state index contributed by atoms with van der Waals surface area (Å²) in [7, 11) is 2.91. The highest BCUT2D eigenvalue weighted by molar-refractivity contribution is 5.84. The van der Waals surface area contributed by atoms with Crippen molar-refractivity contribution in [1.82, 2.24) is 14.1 Å². The minimum Gasteiger partial charge on any atom is -0.442 e. The molecule has 4 rings (SSSR count). The number of aryl methyl sites for hydroxylation is 1. The predicted molar refractivity (Wildman–Crippen MR) is 122 cm³/mol. The predicted octanol–water partition coefficient (Wildman–Crippen LogP) is 3.60. The average molecular weight is 488 g/mol. The van der Waals surface area contributed by atoms with Crippen LogP contribution in [0.1, 0.15) is 23.1 Å². The van der Waals surface area contributed by atoms with E-state index in [4.69, 9.17) is 4.74 Å². The molecule has 184 valence electrons. The van der Waals surface area contributed by atoms with Gasteiger partial charge in [0, 0.05) is 38.5 Å². The van der Waals surface area contributed by atoms with Crippen molar-refractivity contribution in [3.8, 4) is 11.5 Å². The summed E-state index contributed by atoms with van der Waals surface area (Å²) in [4.78, 5) is 34.1. The minimum atomic E-state index is -4.85. The standard InChI is InChI=1S/C24H23F3N4O4/c1-14-9-15(13-28-12-14)10-16-7-8-19-20(30(2)23(33)31(3)22(19)32)29-21(16)34-17-5-4-6-18(11-17)35-24(25,26)27/h4-6,9,11-13,16H,7-8,10H2,1-3H3. The number of halogens is 3. The summed E-state index contributed by atoms with van der Waals surface area (Å²) >= 11 is 0. The summed E-state index contributed by atoms with van der Waals surface area (Å²) in [6, 6.07) is 7.08. The minimum absolute atomic E-state index is 0.0788. The van der Waals surface area contributed by atoms with Crippen LogP contribution in [-0.2, 0) is 26.9 Å². The Morgan fingerprint density at radius 2 is 1.83 bits per heavy atom. The number of pyridine rings is 1. The number of ether oxygens (including phenoxy) is 2. The molecule has 11 heteroatoms. The van der Waals surface area contributed by atoms with E-state index in [1.54, 1.807) is 12.4 Å². The van der Waals surface area contributed by atoms with Crippen LogP contribution >= 0.6 is 0 Å². The van der Waals surface area contributed by atoms with Crippen LogP contribution in [0.15, 0.2) is 57.3 Å². The van der Waals surface area contributed by atoms with Gasteiger partial charge in [-0.3, -0.25) is 18.9 Å². The van der Waals surface area contributed by atoms with Crippen LogP contribution < -0.4 is 20.7 Å². The number of aliphatic imine (C=N–C) groups is 1. The quantitative estimate of drug-likeness (QED) is 0.560. The number of hydrogen-bond donors (Lipinski definition) is 0. The zero-order valence-corrected chi connectivity index (χ0v) is 19.3. The smallest absolute Gasteiger partial charge is 0.442 e. The monoisotopic (exact) mass is 488 g/mol. The fraction of sp³-hybridized carbons (Fsp3) is 0.333. The molecular weight excluding hydrogens is 465 g/mol. The Labute approximate surface area is 198 Å². The van der Waals surface area contributed by atoms with Gasteiger partial charge in [0.1, 0.15) is 17.3 Å². The molecular formula is C24H23F3N4O4. The lowest BCUT2D eigenvalue weighted by molar-refractivity contribution is -0.274. The van der Waals surface area contributed by atoms with Gasteiger partial charge in [-0.1, -0.05) is 12.1 Å². The Kier molecular flexibility index (Phi) is 6.51. The molecule has 0 saturated carbocycles. The maximum absolute atomic E-state index is 12.8. The second kappa shape index (κ2) is 9.40. The van der Waals surface area contributed by atoms with E-state index in [1.165, 1.54) is 30.8 Å². The Bertz CT molecular complexity index is 1410. The van der Waals surface area contributed by atoms with E-state index in [0.717, 1.165) is 27.8 Å². The van der Waals surface area contributed by atoms with Gasteiger partial charge < -0.3 is 9.47 Å². The molecule has 1 aromatic carbocycles. The van der Waals surface area contributed by atoms with Gasteiger partial charge in [0.15, 0.2) is 5.90 Å². The van der Waals surface area contributed by atoms with Crippen molar-refractivity contribution in [3.05, 3.63) is 80.3 Å². The SMILES string of the molecule is Cc1cncc(CC2CCc3c(n(C)c(=O)n(C)c3=O)N=C2Oc2cccc(OC(F)(F)F)c2)c1. The van der Waals surface area contributed by atoms with Gasteiger partial charge in [-0.2, -0.15) is 4.99 Å². The topological polar surface area (TPSA) is 87.7 Å². The summed E-state index contributed by atoms with van der Waals surface area (Å²) < 4.78 is 50.3. The molecule has 2 aromatic heterocycles. The van der Waals surface area contributed by atoms with Gasteiger partial charge in [0.2, 0.25) is 0 Å². The van der Waals surface area contributed by atoms with E-state index in [2.05, 4.69) is 14.7 Å². The molecule has 0 N–H and O–H groups in total. The molecule has 0 spiro atoms. The lowest BCUT2D eigenvalue weighted by Gasteiger charge is -2.18. The van der Waals surface area contributed by atoms with Gasteiger partial charge >= 0.3 is 12.1 Å². The summed E-state index contributed by atoms with van der Waals surface area (Å²) in [6.45, 7) is 1.91. The van der Waals surface area contributed by atoms with Gasteiger partial charge in [-0.15, -0.1) is 13.2 Å². The Morgan fingerprint density at radius 1 is 1.09 bits per heavy atom. The maximum Gasteiger partial charge on any atom is 0.573 e. The highest BCUT2D eigenvalue weighted by Crippen LogP contribution is 2.30. The van der Waals surface area contributed by atoms with Crippen molar-refractivity contribution in [1.29, 1.82) is 0 Å². The van der Waals surface area contributed by atoms with Crippen LogP contribution in [0.4, 0.5) is 19.0 Å². The lowest BCUT2D eigenvalue weighted by atomic mass is 9.94. The molecule has 0 amide bonds. The first-order valence-corrected chi connectivity index (χ1v) is 10.8. The van der Waals surface area contributed by atoms with Gasteiger partial charge in [0.25, 0.3) is 5.56 Å². The van der Waals surface area contributed by atoms with Gasteiger partial charge in [0.05, 0.1) is 5.56 Å². The summed E-state index contributed by atoms with van der Waals surface area (Å²) in [5.74, 6) is -0.350. The third kappa shape index (κ3) is 5.44. The fourth-order valence-corrected chi connectivity index (χ4v) is 4.07. The molecule has 1 unspecified atom stereocenters. The first-order valence-electron chi connectivity index (χ1n) is 10.8. The molecule has 0 saturated heterocycles. The molecule has 3 heterocycles. The van der Waals surface area contributed by atoms with E-state index in [9.17, 15) is 22.8 Å². The van der Waals surface area contributed by atoms with Crippen LogP contribution in [0.25, 0.3) is 0 Å². The Balaban J connectivity index is 1.78.